The zero-order valence-electron chi connectivity index (χ0n) is 17.6. The van der Waals surface area contributed by atoms with Gasteiger partial charge in [-0.15, -0.1) is 0 Å². The number of morpholine rings is 1. The average Bonchev–Trinajstić information content (AvgIpc) is 3.14. The molecule has 166 valence electrons. The fraction of sp³-hybridized carbons (Fsp3) is 0.684. The molecule has 2 aromatic heterocycles. The van der Waals surface area contributed by atoms with Gasteiger partial charge in [0, 0.05) is 45.0 Å². The Hall–Kier alpha value is -1.95. The maximum atomic E-state index is 12.4. The third-order valence-electron chi connectivity index (χ3n) is 5.64. The first kappa shape index (κ1) is 21.3. The Bertz CT molecular complexity index is 965. The van der Waals surface area contributed by atoms with Gasteiger partial charge < -0.3 is 24.7 Å². The highest BCUT2D eigenvalue weighted by molar-refractivity contribution is 7.89. The number of fused-ring (bicyclic) bond motifs is 1. The number of hydrogen-bond donors (Lipinski definition) is 2. The largest absolute Gasteiger partial charge is 0.384 e. The number of aryl methyl sites for hydroxylation is 1. The number of ether oxygens (including phenoxy) is 2. The minimum atomic E-state index is -3.26. The van der Waals surface area contributed by atoms with Gasteiger partial charge in [-0.25, -0.2) is 12.7 Å². The smallest absolute Gasteiger partial charge is 0.229 e. The summed E-state index contributed by atoms with van der Waals surface area (Å²) in [6.07, 6.45) is 1.46. The molecule has 30 heavy (non-hydrogen) atoms. The van der Waals surface area contributed by atoms with Crippen LogP contribution in [0.2, 0.25) is 0 Å². The number of nitrogens with zero attached hydrogens (tertiary/aromatic N) is 4. The predicted octanol–water partition coefficient (Wildman–Crippen LogP) is 0.955. The van der Waals surface area contributed by atoms with Crippen molar-refractivity contribution in [3.8, 4) is 0 Å². The minimum absolute atomic E-state index is 0.0274. The van der Waals surface area contributed by atoms with Crippen LogP contribution < -0.4 is 10.2 Å². The molecular weight excluding hydrogens is 408 g/mol. The topological polar surface area (TPSA) is 113 Å². The molecule has 0 aliphatic carbocycles. The highest BCUT2D eigenvalue weighted by Gasteiger charge is 2.28. The fourth-order valence-corrected chi connectivity index (χ4v) is 5.34. The van der Waals surface area contributed by atoms with E-state index in [2.05, 4.69) is 15.2 Å². The van der Waals surface area contributed by atoms with Gasteiger partial charge in [-0.3, -0.25) is 0 Å². The zero-order chi connectivity index (χ0) is 21.1. The summed E-state index contributed by atoms with van der Waals surface area (Å²) in [6, 6.07) is 2.20. The van der Waals surface area contributed by atoms with Crippen LogP contribution in [-0.2, 0) is 19.5 Å². The van der Waals surface area contributed by atoms with Crippen LogP contribution in [0.25, 0.3) is 11.0 Å². The van der Waals surface area contributed by atoms with Crippen LogP contribution in [0.4, 0.5) is 11.8 Å². The molecule has 0 bridgehead atoms. The van der Waals surface area contributed by atoms with Gasteiger partial charge in [-0.05, 0) is 25.8 Å². The van der Waals surface area contributed by atoms with Gasteiger partial charge in [-0.1, -0.05) is 0 Å². The summed E-state index contributed by atoms with van der Waals surface area (Å²) in [5.41, 5.74) is 1.84. The third-order valence-corrected chi connectivity index (χ3v) is 7.47. The Morgan fingerprint density at radius 2 is 1.97 bits per heavy atom. The van der Waals surface area contributed by atoms with Crippen molar-refractivity contribution in [2.75, 3.05) is 69.1 Å². The lowest BCUT2D eigenvalue weighted by Crippen LogP contribution is -2.44. The molecule has 11 heteroatoms. The molecule has 2 aliphatic rings. The lowest BCUT2D eigenvalue weighted by Gasteiger charge is -2.32. The van der Waals surface area contributed by atoms with E-state index in [4.69, 9.17) is 19.4 Å². The number of hydrogen-bond acceptors (Lipinski definition) is 8. The van der Waals surface area contributed by atoms with Crippen molar-refractivity contribution in [3.63, 3.8) is 0 Å². The molecule has 4 rings (SSSR count). The summed E-state index contributed by atoms with van der Waals surface area (Å²) < 4.78 is 36.7. The molecule has 10 nitrogen and oxygen atoms in total. The summed E-state index contributed by atoms with van der Waals surface area (Å²) >= 11 is 0. The molecule has 4 heterocycles. The van der Waals surface area contributed by atoms with E-state index in [0.29, 0.717) is 32.3 Å². The number of anilines is 2. The van der Waals surface area contributed by atoms with Crippen LogP contribution in [0.1, 0.15) is 18.5 Å². The SMILES string of the molecule is COCCS(=O)(=O)N1CCC(Nc2nc(N3CCOCC3)nc3[nH]c(C)cc23)CC1. The second-order valence-corrected chi connectivity index (χ2v) is 9.90. The molecule has 2 N–H and O–H groups in total. The van der Waals surface area contributed by atoms with E-state index in [1.54, 1.807) is 4.31 Å². The van der Waals surface area contributed by atoms with E-state index in [9.17, 15) is 8.42 Å². The monoisotopic (exact) mass is 438 g/mol. The summed E-state index contributed by atoms with van der Waals surface area (Å²) in [4.78, 5) is 15.0. The van der Waals surface area contributed by atoms with Crippen molar-refractivity contribution < 1.29 is 17.9 Å². The average molecular weight is 439 g/mol. The number of sulfonamides is 1. The summed E-state index contributed by atoms with van der Waals surface area (Å²) in [6.45, 7) is 6.10. The van der Waals surface area contributed by atoms with E-state index < -0.39 is 10.0 Å². The number of aromatic nitrogens is 3. The van der Waals surface area contributed by atoms with Gasteiger partial charge in [-0.2, -0.15) is 9.97 Å². The Morgan fingerprint density at radius 1 is 1.23 bits per heavy atom. The highest BCUT2D eigenvalue weighted by Crippen LogP contribution is 2.27. The van der Waals surface area contributed by atoms with Gasteiger partial charge in [0.2, 0.25) is 16.0 Å². The highest BCUT2D eigenvalue weighted by atomic mass is 32.2. The van der Waals surface area contributed by atoms with Gasteiger partial charge in [0.05, 0.1) is 31.0 Å². The molecule has 0 unspecified atom stereocenters. The second kappa shape index (κ2) is 9.04. The van der Waals surface area contributed by atoms with Crippen molar-refractivity contribution in [3.05, 3.63) is 11.8 Å². The van der Waals surface area contributed by atoms with Crippen LogP contribution in [-0.4, -0.2) is 92.6 Å². The number of H-pyrrole nitrogens is 1. The number of rotatable bonds is 7. The lowest BCUT2D eigenvalue weighted by atomic mass is 10.1. The predicted molar refractivity (Wildman–Crippen MR) is 116 cm³/mol. The molecule has 2 saturated heterocycles. The van der Waals surface area contributed by atoms with E-state index in [1.807, 2.05) is 13.0 Å². The molecule has 2 aliphatic heterocycles. The quantitative estimate of drug-likeness (QED) is 0.657. The Labute approximate surface area is 177 Å². The van der Waals surface area contributed by atoms with Gasteiger partial charge in [0.25, 0.3) is 0 Å². The first-order valence-corrected chi connectivity index (χ1v) is 12.0. The first-order chi connectivity index (χ1) is 14.5. The van der Waals surface area contributed by atoms with Gasteiger partial charge in [0.1, 0.15) is 11.5 Å². The normalized spacial score (nSPS) is 19.5. The maximum absolute atomic E-state index is 12.4. The summed E-state index contributed by atoms with van der Waals surface area (Å²) in [5, 5.41) is 4.51. The van der Waals surface area contributed by atoms with Gasteiger partial charge in [0.15, 0.2) is 0 Å². The van der Waals surface area contributed by atoms with Crippen LogP contribution in [0.5, 0.6) is 0 Å². The molecule has 0 spiro atoms. The summed E-state index contributed by atoms with van der Waals surface area (Å²) in [5.74, 6) is 1.51. The molecule has 0 atom stereocenters. The van der Waals surface area contributed by atoms with Crippen molar-refractivity contribution in [1.29, 1.82) is 0 Å². The van der Waals surface area contributed by atoms with Crippen molar-refractivity contribution in [1.82, 2.24) is 19.3 Å². The third kappa shape index (κ3) is 4.69. The zero-order valence-corrected chi connectivity index (χ0v) is 18.4. The molecule has 0 amide bonds. The molecule has 2 fully saturated rings. The van der Waals surface area contributed by atoms with Crippen LogP contribution >= 0.6 is 0 Å². The fourth-order valence-electron chi connectivity index (χ4n) is 3.93. The second-order valence-electron chi connectivity index (χ2n) is 7.81. The van der Waals surface area contributed by atoms with E-state index in [1.165, 1.54) is 7.11 Å². The van der Waals surface area contributed by atoms with Gasteiger partial charge >= 0.3 is 0 Å². The molecule has 0 saturated carbocycles. The van der Waals surface area contributed by atoms with E-state index in [-0.39, 0.29) is 18.4 Å². The molecule has 2 aromatic rings. The Morgan fingerprint density at radius 3 is 2.67 bits per heavy atom. The van der Waals surface area contributed by atoms with E-state index >= 15 is 0 Å². The van der Waals surface area contributed by atoms with Crippen LogP contribution in [0.3, 0.4) is 0 Å². The summed E-state index contributed by atoms with van der Waals surface area (Å²) in [7, 11) is -1.75. The standard InChI is InChI=1S/C19H30N6O4S/c1-14-13-16-17(20-14)22-19(24-7-9-29-10-8-24)23-18(16)21-15-3-5-25(6-4-15)30(26,27)12-11-28-2/h13,15H,3-12H2,1-2H3,(H2,20,21,22,23). The van der Waals surface area contributed by atoms with E-state index in [0.717, 1.165) is 48.5 Å². The number of nitrogens with one attached hydrogen (secondary N) is 2. The lowest BCUT2D eigenvalue weighted by molar-refractivity contribution is 0.122. The minimum Gasteiger partial charge on any atom is -0.384 e. The van der Waals surface area contributed by atoms with Crippen molar-refractivity contribution >= 4 is 32.8 Å². The number of piperidine rings is 1. The Balaban J connectivity index is 1.48. The number of aromatic amines is 1. The number of methoxy groups -OCH3 is 1. The van der Waals surface area contributed by atoms with Crippen molar-refractivity contribution in [2.24, 2.45) is 0 Å². The van der Waals surface area contributed by atoms with Crippen molar-refractivity contribution in [2.45, 2.75) is 25.8 Å². The maximum Gasteiger partial charge on any atom is 0.229 e. The molecular formula is C19H30N6O4S. The van der Waals surface area contributed by atoms with Crippen LogP contribution in [0, 0.1) is 6.92 Å². The Kier molecular flexibility index (Phi) is 6.42. The first-order valence-electron chi connectivity index (χ1n) is 10.4. The molecule has 0 radical (unpaired) electrons. The molecule has 0 aromatic carbocycles. The van der Waals surface area contributed by atoms with Crippen LogP contribution in [0.15, 0.2) is 6.07 Å².